The van der Waals surface area contributed by atoms with E-state index in [1.165, 1.54) is 12.8 Å². The van der Waals surface area contributed by atoms with Crippen LogP contribution < -0.4 is 11.1 Å². The van der Waals surface area contributed by atoms with E-state index in [2.05, 4.69) is 33.0 Å². The van der Waals surface area contributed by atoms with Crippen LogP contribution in [-0.4, -0.2) is 29.8 Å². The summed E-state index contributed by atoms with van der Waals surface area (Å²) in [5.41, 5.74) is 6.55. The van der Waals surface area contributed by atoms with E-state index in [0.717, 1.165) is 12.8 Å². The van der Waals surface area contributed by atoms with Crippen molar-refractivity contribution in [3.05, 3.63) is 0 Å². The predicted octanol–water partition coefficient (Wildman–Crippen LogP) is 1.89. The van der Waals surface area contributed by atoms with Crippen LogP contribution in [0.1, 0.15) is 53.4 Å². The van der Waals surface area contributed by atoms with E-state index in [-0.39, 0.29) is 12.1 Å². The van der Waals surface area contributed by atoms with Crippen LogP contribution in [-0.2, 0) is 0 Å². The lowest BCUT2D eigenvalue weighted by molar-refractivity contribution is 0.0681. The molecule has 3 unspecified atom stereocenters. The molecule has 0 saturated heterocycles. The van der Waals surface area contributed by atoms with Crippen molar-refractivity contribution in [3.8, 4) is 0 Å². The third kappa shape index (κ3) is 3.67. The van der Waals surface area contributed by atoms with E-state index in [1.54, 1.807) is 0 Å². The van der Waals surface area contributed by atoms with E-state index in [9.17, 15) is 0 Å². The quantitative estimate of drug-likeness (QED) is 0.690. The minimum absolute atomic E-state index is 0.0735. The van der Waals surface area contributed by atoms with Crippen molar-refractivity contribution in [1.82, 2.24) is 5.32 Å². The molecule has 0 aliphatic heterocycles. The molecule has 3 heteroatoms. The lowest BCUT2D eigenvalue weighted by Gasteiger charge is -2.49. The number of aliphatic hydroxyl groups is 1. The van der Waals surface area contributed by atoms with Crippen molar-refractivity contribution in [1.29, 1.82) is 0 Å². The first kappa shape index (κ1) is 14.9. The van der Waals surface area contributed by atoms with Crippen molar-refractivity contribution in [2.24, 2.45) is 17.1 Å². The molecule has 3 nitrogen and oxygen atoms in total. The summed E-state index contributed by atoms with van der Waals surface area (Å²) >= 11 is 0. The maximum absolute atomic E-state index is 9.00. The fraction of sp³-hybridized carbons (Fsp3) is 1.00. The van der Waals surface area contributed by atoms with Gasteiger partial charge >= 0.3 is 0 Å². The highest BCUT2D eigenvalue weighted by Gasteiger charge is 2.43. The summed E-state index contributed by atoms with van der Waals surface area (Å²) in [6.07, 6.45) is 4.40. The van der Waals surface area contributed by atoms with Gasteiger partial charge < -0.3 is 16.2 Å². The Morgan fingerprint density at radius 3 is 2.53 bits per heavy atom. The van der Waals surface area contributed by atoms with E-state index < -0.39 is 0 Å². The fourth-order valence-electron chi connectivity index (χ4n) is 3.27. The van der Waals surface area contributed by atoms with E-state index in [4.69, 9.17) is 10.8 Å². The molecule has 1 aliphatic rings. The van der Waals surface area contributed by atoms with Gasteiger partial charge in [-0.2, -0.15) is 0 Å². The molecular formula is C14H30N2O. The molecule has 0 heterocycles. The van der Waals surface area contributed by atoms with Gasteiger partial charge in [0, 0.05) is 24.7 Å². The normalized spacial score (nSPS) is 34.6. The maximum atomic E-state index is 9.00. The molecule has 0 spiro atoms. The molecule has 1 rings (SSSR count). The summed E-state index contributed by atoms with van der Waals surface area (Å²) in [6, 6.07) is 0.340. The topological polar surface area (TPSA) is 58.3 Å². The van der Waals surface area contributed by atoms with Crippen molar-refractivity contribution in [2.45, 2.75) is 65.0 Å². The summed E-state index contributed by atoms with van der Waals surface area (Å²) < 4.78 is 0. The lowest BCUT2D eigenvalue weighted by atomic mass is 9.63. The molecule has 0 amide bonds. The Bertz CT molecular complexity index is 242. The van der Waals surface area contributed by atoms with Crippen LogP contribution in [0.25, 0.3) is 0 Å². The smallest absolute Gasteiger partial charge is 0.0445 e. The molecule has 0 bridgehead atoms. The van der Waals surface area contributed by atoms with Crippen LogP contribution in [0.5, 0.6) is 0 Å². The van der Waals surface area contributed by atoms with Gasteiger partial charge in [-0.05, 0) is 43.9 Å². The molecule has 0 aromatic carbocycles. The lowest BCUT2D eigenvalue weighted by Crippen LogP contribution is -2.61. The Balaban J connectivity index is 2.69. The highest BCUT2D eigenvalue weighted by Crippen LogP contribution is 2.43. The second-order valence-corrected chi connectivity index (χ2v) is 6.69. The summed E-state index contributed by atoms with van der Waals surface area (Å²) in [7, 11) is 0. The van der Waals surface area contributed by atoms with Gasteiger partial charge in [-0.3, -0.25) is 0 Å². The van der Waals surface area contributed by atoms with Gasteiger partial charge in [0.1, 0.15) is 0 Å². The number of hydrogen-bond donors (Lipinski definition) is 3. The zero-order valence-corrected chi connectivity index (χ0v) is 11.9. The largest absolute Gasteiger partial charge is 0.396 e. The second-order valence-electron chi connectivity index (χ2n) is 6.69. The number of aliphatic hydroxyl groups excluding tert-OH is 1. The first-order valence-electron chi connectivity index (χ1n) is 6.94. The van der Waals surface area contributed by atoms with E-state index >= 15 is 0 Å². The number of rotatable bonds is 5. The summed E-state index contributed by atoms with van der Waals surface area (Å²) in [5, 5.41) is 12.7. The van der Waals surface area contributed by atoms with Crippen LogP contribution in [0.15, 0.2) is 0 Å². The van der Waals surface area contributed by atoms with Gasteiger partial charge in [-0.1, -0.05) is 20.8 Å². The van der Waals surface area contributed by atoms with Crippen LogP contribution in [0, 0.1) is 11.3 Å². The van der Waals surface area contributed by atoms with E-state index in [0.29, 0.717) is 23.9 Å². The van der Waals surface area contributed by atoms with Gasteiger partial charge in [0.15, 0.2) is 0 Å². The molecule has 0 aromatic heterocycles. The number of nitrogens with one attached hydrogen (secondary N) is 1. The monoisotopic (exact) mass is 242 g/mol. The Labute approximate surface area is 106 Å². The third-order valence-electron chi connectivity index (χ3n) is 4.51. The average Bonchev–Trinajstić information content (AvgIpc) is 2.22. The minimum atomic E-state index is 0.0735. The Morgan fingerprint density at radius 1 is 1.41 bits per heavy atom. The van der Waals surface area contributed by atoms with Gasteiger partial charge in [0.05, 0.1) is 0 Å². The third-order valence-corrected chi connectivity index (χ3v) is 4.51. The Morgan fingerprint density at radius 2 is 2.06 bits per heavy atom. The van der Waals surface area contributed by atoms with Crippen LogP contribution in [0.3, 0.4) is 0 Å². The fourth-order valence-corrected chi connectivity index (χ4v) is 3.27. The summed E-state index contributed by atoms with van der Waals surface area (Å²) in [6.45, 7) is 10.1. The molecule has 0 radical (unpaired) electrons. The second kappa shape index (κ2) is 5.68. The maximum Gasteiger partial charge on any atom is 0.0445 e. The Kier molecular flexibility index (Phi) is 4.99. The van der Waals surface area contributed by atoms with Crippen molar-refractivity contribution < 1.29 is 5.11 Å². The Hall–Kier alpha value is -0.120. The number of hydrogen-bond acceptors (Lipinski definition) is 3. The SMILES string of the molecule is CC(CCO)NC1(CN)CCC(C)(C)CC1C. The number of nitrogens with two attached hydrogens (primary N) is 1. The molecular weight excluding hydrogens is 212 g/mol. The standard InChI is InChI=1S/C14H30N2O/c1-11-9-13(3,4)6-7-14(11,10-15)16-12(2)5-8-17/h11-12,16-17H,5-10,15H2,1-4H3. The average molecular weight is 242 g/mol. The van der Waals surface area contributed by atoms with Gasteiger partial charge in [0.25, 0.3) is 0 Å². The molecule has 1 aliphatic carbocycles. The first-order chi connectivity index (χ1) is 7.85. The molecule has 1 fully saturated rings. The van der Waals surface area contributed by atoms with Crippen LogP contribution >= 0.6 is 0 Å². The molecule has 17 heavy (non-hydrogen) atoms. The molecule has 3 atom stereocenters. The zero-order chi connectivity index (χ0) is 13.1. The van der Waals surface area contributed by atoms with Gasteiger partial charge in [-0.15, -0.1) is 0 Å². The van der Waals surface area contributed by atoms with Crippen LogP contribution in [0.2, 0.25) is 0 Å². The highest BCUT2D eigenvalue weighted by molar-refractivity contribution is 5.01. The minimum Gasteiger partial charge on any atom is -0.396 e. The molecule has 0 aromatic rings. The van der Waals surface area contributed by atoms with E-state index in [1.807, 2.05) is 0 Å². The molecule has 1 saturated carbocycles. The highest BCUT2D eigenvalue weighted by atomic mass is 16.3. The summed E-state index contributed by atoms with van der Waals surface area (Å²) in [5.74, 6) is 0.595. The molecule has 102 valence electrons. The van der Waals surface area contributed by atoms with Crippen molar-refractivity contribution >= 4 is 0 Å². The van der Waals surface area contributed by atoms with Crippen molar-refractivity contribution in [2.75, 3.05) is 13.2 Å². The first-order valence-corrected chi connectivity index (χ1v) is 6.94. The summed E-state index contributed by atoms with van der Waals surface area (Å²) in [4.78, 5) is 0. The van der Waals surface area contributed by atoms with Gasteiger partial charge in [0.2, 0.25) is 0 Å². The van der Waals surface area contributed by atoms with Crippen LogP contribution in [0.4, 0.5) is 0 Å². The van der Waals surface area contributed by atoms with Crippen molar-refractivity contribution in [3.63, 3.8) is 0 Å². The predicted molar refractivity (Wildman–Crippen MR) is 72.9 cm³/mol. The van der Waals surface area contributed by atoms with Gasteiger partial charge in [-0.25, -0.2) is 0 Å². The molecule has 4 N–H and O–H groups in total. The zero-order valence-electron chi connectivity index (χ0n) is 11.9.